The number of hydrogen-bond donors (Lipinski definition) is 1. The molecule has 78 valence electrons. The summed E-state index contributed by atoms with van der Waals surface area (Å²) in [4.78, 5) is 0. The lowest BCUT2D eigenvalue weighted by atomic mass is 10.3. The predicted molar refractivity (Wildman–Crippen MR) is 47.0 cm³/mol. The molecule has 0 amide bonds. The van der Waals surface area contributed by atoms with E-state index < -0.39 is 12.3 Å². The zero-order chi connectivity index (χ0) is 10.8. The first-order valence-corrected chi connectivity index (χ1v) is 3.98. The lowest BCUT2D eigenvalue weighted by Gasteiger charge is -2.18. The number of alkyl halides is 3. The SMILES string of the molecule is CC(F)C(F)(F)Oc1ccc(N)cc1. The molecule has 1 atom stereocenters. The van der Waals surface area contributed by atoms with Gasteiger partial charge in [0.2, 0.25) is 6.17 Å². The van der Waals surface area contributed by atoms with Gasteiger partial charge in [-0.2, -0.15) is 8.78 Å². The number of nitrogen functional groups attached to an aromatic ring is 1. The lowest BCUT2D eigenvalue weighted by Crippen LogP contribution is -2.34. The van der Waals surface area contributed by atoms with E-state index in [-0.39, 0.29) is 5.75 Å². The lowest BCUT2D eigenvalue weighted by molar-refractivity contribution is -0.215. The Morgan fingerprint density at radius 1 is 1.29 bits per heavy atom. The molecule has 0 fully saturated rings. The van der Waals surface area contributed by atoms with Gasteiger partial charge in [0.25, 0.3) is 0 Å². The van der Waals surface area contributed by atoms with Gasteiger partial charge >= 0.3 is 6.11 Å². The molecule has 1 unspecified atom stereocenters. The van der Waals surface area contributed by atoms with Crippen molar-refractivity contribution in [2.75, 3.05) is 5.73 Å². The Morgan fingerprint density at radius 3 is 2.21 bits per heavy atom. The second-order valence-corrected chi connectivity index (χ2v) is 2.85. The van der Waals surface area contributed by atoms with Crippen LogP contribution < -0.4 is 10.5 Å². The van der Waals surface area contributed by atoms with Crippen LogP contribution in [0.15, 0.2) is 24.3 Å². The Balaban J connectivity index is 2.74. The molecule has 1 rings (SSSR count). The molecule has 2 N–H and O–H groups in total. The van der Waals surface area contributed by atoms with Crippen LogP contribution in [0.3, 0.4) is 0 Å². The number of ether oxygens (including phenoxy) is 1. The van der Waals surface area contributed by atoms with Gasteiger partial charge in [-0.05, 0) is 31.2 Å². The molecule has 5 heteroatoms. The summed E-state index contributed by atoms with van der Waals surface area (Å²) >= 11 is 0. The fraction of sp³-hybridized carbons (Fsp3) is 0.333. The number of hydrogen-bond acceptors (Lipinski definition) is 2. The molecule has 0 spiro atoms. The van der Waals surface area contributed by atoms with Gasteiger partial charge in [-0.3, -0.25) is 0 Å². The van der Waals surface area contributed by atoms with Crippen LogP contribution in [0, 0.1) is 0 Å². The van der Waals surface area contributed by atoms with Crippen LogP contribution in [0.4, 0.5) is 18.9 Å². The second-order valence-electron chi connectivity index (χ2n) is 2.85. The predicted octanol–water partition coefficient (Wildman–Crippen LogP) is 2.60. The van der Waals surface area contributed by atoms with Crippen LogP contribution >= 0.6 is 0 Å². The molecule has 1 aromatic carbocycles. The van der Waals surface area contributed by atoms with Crippen LogP contribution in [-0.4, -0.2) is 12.3 Å². The van der Waals surface area contributed by atoms with E-state index in [2.05, 4.69) is 4.74 Å². The maximum absolute atomic E-state index is 12.7. The molecule has 1 aromatic rings. The van der Waals surface area contributed by atoms with Crippen molar-refractivity contribution in [1.29, 1.82) is 0 Å². The molecule has 0 radical (unpaired) electrons. The molecule has 0 aliphatic rings. The molecule has 0 aliphatic heterocycles. The van der Waals surface area contributed by atoms with Crippen molar-refractivity contribution in [3.05, 3.63) is 24.3 Å². The van der Waals surface area contributed by atoms with E-state index in [0.29, 0.717) is 5.69 Å². The first-order valence-electron chi connectivity index (χ1n) is 3.98. The van der Waals surface area contributed by atoms with Crippen molar-refractivity contribution < 1.29 is 17.9 Å². The summed E-state index contributed by atoms with van der Waals surface area (Å²) in [6.45, 7) is 0.733. The molecule has 14 heavy (non-hydrogen) atoms. The van der Waals surface area contributed by atoms with E-state index in [1.165, 1.54) is 24.3 Å². The third-order valence-corrected chi connectivity index (χ3v) is 1.60. The Hall–Kier alpha value is -1.39. The van der Waals surface area contributed by atoms with Crippen molar-refractivity contribution in [2.45, 2.75) is 19.2 Å². The summed E-state index contributed by atoms with van der Waals surface area (Å²) in [6.07, 6.45) is -6.17. The van der Waals surface area contributed by atoms with E-state index in [1.54, 1.807) is 0 Å². The number of rotatable bonds is 3. The number of halogens is 3. The molecule has 0 heterocycles. The summed E-state index contributed by atoms with van der Waals surface area (Å²) < 4.78 is 41.9. The van der Waals surface area contributed by atoms with Gasteiger partial charge in [0.15, 0.2) is 0 Å². The summed E-state index contributed by atoms with van der Waals surface area (Å²) in [5.74, 6) is -0.117. The highest BCUT2D eigenvalue weighted by Gasteiger charge is 2.39. The smallest absolute Gasteiger partial charge is 0.429 e. The first-order chi connectivity index (χ1) is 6.42. The van der Waals surface area contributed by atoms with Crippen LogP contribution in [-0.2, 0) is 0 Å². The van der Waals surface area contributed by atoms with Gasteiger partial charge in [-0.15, -0.1) is 0 Å². The zero-order valence-corrected chi connectivity index (χ0v) is 7.51. The average molecular weight is 205 g/mol. The normalized spacial score (nSPS) is 13.7. The maximum atomic E-state index is 12.7. The molecule has 0 aliphatic carbocycles. The van der Waals surface area contributed by atoms with Crippen molar-refractivity contribution in [3.8, 4) is 5.75 Å². The van der Waals surface area contributed by atoms with E-state index in [1.807, 2.05) is 0 Å². The molecular formula is C9H10F3NO. The minimum Gasteiger partial charge on any atom is -0.430 e. The minimum atomic E-state index is -3.81. The third-order valence-electron chi connectivity index (χ3n) is 1.60. The summed E-state index contributed by atoms with van der Waals surface area (Å²) in [5.41, 5.74) is 5.76. The molecule has 0 saturated carbocycles. The van der Waals surface area contributed by atoms with Gasteiger partial charge in [0.1, 0.15) is 5.75 Å². The van der Waals surface area contributed by atoms with Crippen LogP contribution in [0.2, 0.25) is 0 Å². The summed E-state index contributed by atoms with van der Waals surface area (Å²) in [6, 6.07) is 5.31. The van der Waals surface area contributed by atoms with Gasteiger partial charge in [0.05, 0.1) is 0 Å². The fourth-order valence-electron chi connectivity index (χ4n) is 0.774. The van der Waals surface area contributed by atoms with Gasteiger partial charge in [0, 0.05) is 5.69 Å². The highest BCUT2D eigenvalue weighted by molar-refractivity contribution is 5.41. The van der Waals surface area contributed by atoms with E-state index >= 15 is 0 Å². The topological polar surface area (TPSA) is 35.2 Å². The maximum Gasteiger partial charge on any atom is 0.429 e. The monoisotopic (exact) mass is 205 g/mol. The summed E-state index contributed by atoms with van der Waals surface area (Å²) in [7, 11) is 0. The Kier molecular flexibility index (Phi) is 2.88. The Bertz CT molecular complexity index is 297. The van der Waals surface area contributed by atoms with Crippen LogP contribution in [0.1, 0.15) is 6.92 Å². The minimum absolute atomic E-state index is 0.117. The van der Waals surface area contributed by atoms with Crippen molar-refractivity contribution in [1.82, 2.24) is 0 Å². The zero-order valence-electron chi connectivity index (χ0n) is 7.51. The number of benzene rings is 1. The molecule has 2 nitrogen and oxygen atoms in total. The number of nitrogens with two attached hydrogens (primary N) is 1. The van der Waals surface area contributed by atoms with Crippen LogP contribution in [0.5, 0.6) is 5.75 Å². The van der Waals surface area contributed by atoms with E-state index in [9.17, 15) is 13.2 Å². The summed E-state index contributed by atoms with van der Waals surface area (Å²) in [5, 5.41) is 0. The molecule has 0 bridgehead atoms. The highest BCUT2D eigenvalue weighted by Crippen LogP contribution is 2.26. The van der Waals surface area contributed by atoms with Crippen molar-refractivity contribution >= 4 is 5.69 Å². The molecule has 0 aromatic heterocycles. The molecular weight excluding hydrogens is 195 g/mol. The van der Waals surface area contributed by atoms with Crippen molar-refractivity contribution in [2.24, 2.45) is 0 Å². The van der Waals surface area contributed by atoms with E-state index in [4.69, 9.17) is 5.73 Å². The standard InChI is InChI=1S/C9H10F3NO/c1-6(10)9(11,12)14-8-4-2-7(13)3-5-8/h2-6H,13H2,1H3. The third kappa shape index (κ3) is 2.55. The van der Waals surface area contributed by atoms with E-state index in [0.717, 1.165) is 6.92 Å². The highest BCUT2D eigenvalue weighted by atomic mass is 19.3. The van der Waals surface area contributed by atoms with Gasteiger partial charge < -0.3 is 10.5 Å². The van der Waals surface area contributed by atoms with Gasteiger partial charge in [-0.1, -0.05) is 0 Å². The average Bonchev–Trinajstić information content (AvgIpc) is 2.08. The quantitative estimate of drug-likeness (QED) is 0.770. The van der Waals surface area contributed by atoms with Crippen molar-refractivity contribution in [3.63, 3.8) is 0 Å². The van der Waals surface area contributed by atoms with Gasteiger partial charge in [-0.25, -0.2) is 4.39 Å². The molecule has 0 saturated heterocycles. The fourth-order valence-corrected chi connectivity index (χ4v) is 0.774. The number of anilines is 1. The second kappa shape index (κ2) is 3.77. The Morgan fingerprint density at radius 2 is 1.79 bits per heavy atom. The largest absolute Gasteiger partial charge is 0.430 e. The Labute approximate surface area is 79.5 Å². The first kappa shape index (κ1) is 10.7. The van der Waals surface area contributed by atoms with Crippen LogP contribution in [0.25, 0.3) is 0 Å².